The van der Waals surface area contributed by atoms with E-state index < -0.39 is 0 Å². The third kappa shape index (κ3) is 9.19. The summed E-state index contributed by atoms with van der Waals surface area (Å²) in [6, 6.07) is 90.5. The molecule has 0 bridgehead atoms. The van der Waals surface area contributed by atoms with Crippen molar-refractivity contribution in [3.05, 3.63) is 271 Å². The van der Waals surface area contributed by atoms with Crippen LogP contribution in [0.4, 0.5) is 51.2 Å². The van der Waals surface area contributed by atoms with Crippen LogP contribution in [0.2, 0.25) is 5.02 Å². The number of rotatable bonds is 12. The number of fused-ring (bicyclic) bond motifs is 3. The van der Waals surface area contributed by atoms with E-state index >= 15 is 0 Å². The molecule has 0 unspecified atom stereocenters. The third-order valence-electron chi connectivity index (χ3n) is 14.3. The van der Waals surface area contributed by atoms with Crippen LogP contribution in [-0.2, 0) is 5.41 Å². The van der Waals surface area contributed by atoms with Gasteiger partial charge in [-0.3, -0.25) is 0 Å². The van der Waals surface area contributed by atoms with Gasteiger partial charge in [-0.15, -0.1) is 0 Å². The predicted octanol–water partition coefficient (Wildman–Crippen LogP) is 21.3. The molecule has 0 radical (unpaired) electrons. The standard InChI is InChI=1S/C70H52ClN3O3/c1-70(2,3)53-32-40-57(41-33-53)72(56-34-26-47(27-35-56)66-42-50-16-10-13-23-63(50)75-66)60-45-61(73(54-19-6-4-7-20-54)58-36-28-48(29-37-58)67-43-51-17-11-14-24-64(51)76-67)69(71)62(46-60)74(55-21-8-5-9-22-55)59-38-30-49(31-39-59)68-44-52-18-12-15-25-65(52)77-68/h4-46H,1-3H3. The molecule has 372 valence electrons. The van der Waals surface area contributed by atoms with Gasteiger partial charge in [0.2, 0.25) is 0 Å². The van der Waals surface area contributed by atoms with E-state index in [2.05, 4.69) is 230 Å². The van der Waals surface area contributed by atoms with Gasteiger partial charge in [0.25, 0.3) is 0 Å². The Morgan fingerprint density at radius 3 is 0.935 bits per heavy atom. The average Bonchev–Trinajstić information content (AvgIpc) is 4.27. The summed E-state index contributed by atoms with van der Waals surface area (Å²) in [7, 11) is 0. The summed E-state index contributed by atoms with van der Waals surface area (Å²) in [5.41, 5.74) is 14.7. The number of hydrogen-bond acceptors (Lipinski definition) is 6. The maximum Gasteiger partial charge on any atom is 0.135 e. The molecule has 10 aromatic carbocycles. The van der Waals surface area contributed by atoms with Crippen LogP contribution < -0.4 is 14.7 Å². The van der Waals surface area contributed by atoms with Gasteiger partial charge in [-0.25, -0.2) is 0 Å². The highest BCUT2D eigenvalue weighted by atomic mass is 35.5. The Morgan fingerprint density at radius 1 is 0.299 bits per heavy atom. The Hall–Kier alpha value is -9.49. The minimum atomic E-state index is -0.0511. The van der Waals surface area contributed by atoms with Crippen molar-refractivity contribution in [2.24, 2.45) is 0 Å². The SMILES string of the molecule is CC(C)(C)c1ccc(N(c2ccc(-c3cc4ccccc4o3)cc2)c2cc(N(c3ccccc3)c3ccc(-c4cc5ccccc5o4)cc3)c(Cl)c(N(c3ccccc3)c3ccc(-c4cc5ccccc5o4)cc3)c2)cc1. The molecule has 0 saturated carbocycles. The van der Waals surface area contributed by atoms with Gasteiger partial charge in [0.05, 0.1) is 22.1 Å². The van der Waals surface area contributed by atoms with Crippen LogP contribution in [0.3, 0.4) is 0 Å². The molecule has 3 aromatic heterocycles. The van der Waals surface area contributed by atoms with Gasteiger partial charge in [0.1, 0.15) is 34.0 Å². The molecule has 13 aromatic rings. The number of para-hydroxylation sites is 5. The van der Waals surface area contributed by atoms with Crippen molar-refractivity contribution in [3.63, 3.8) is 0 Å². The van der Waals surface area contributed by atoms with Gasteiger partial charge >= 0.3 is 0 Å². The zero-order valence-corrected chi connectivity index (χ0v) is 43.5. The second kappa shape index (κ2) is 19.7. The molecule has 7 heteroatoms. The summed E-state index contributed by atoms with van der Waals surface area (Å²) in [5.74, 6) is 2.41. The van der Waals surface area contributed by atoms with Crippen molar-refractivity contribution in [2.45, 2.75) is 26.2 Å². The summed E-state index contributed by atoms with van der Waals surface area (Å²) in [6.07, 6.45) is 0. The maximum absolute atomic E-state index is 8.16. The zero-order chi connectivity index (χ0) is 52.0. The van der Waals surface area contributed by atoms with Crippen molar-refractivity contribution in [1.29, 1.82) is 0 Å². The first-order chi connectivity index (χ1) is 37.7. The smallest absolute Gasteiger partial charge is 0.135 e. The summed E-state index contributed by atoms with van der Waals surface area (Å²) >= 11 is 8.16. The summed E-state index contributed by atoms with van der Waals surface area (Å²) < 4.78 is 19.1. The molecular weight excluding hydrogens is 966 g/mol. The fraction of sp³-hybridized carbons (Fsp3) is 0.0571. The van der Waals surface area contributed by atoms with E-state index in [1.807, 2.05) is 66.7 Å². The molecule has 0 amide bonds. The van der Waals surface area contributed by atoms with Gasteiger partial charge < -0.3 is 28.0 Å². The van der Waals surface area contributed by atoms with Crippen molar-refractivity contribution in [2.75, 3.05) is 14.7 Å². The van der Waals surface area contributed by atoms with Gasteiger partial charge in [-0.2, -0.15) is 0 Å². The fourth-order valence-electron chi connectivity index (χ4n) is 10.3. The Labute approximate surface area is 452 Å². The number of nitrogens with zero attached hydrogens (tertiary/aromatic N) is 3. The van der Waals surface area contributed by atoms with Crippen LogP contribution in [-0.4, -0.2) is 0 Å². The highest BCUT2D eigenvalue weighted by Crippen LogP contribution is 2.51. The minimum Gasteiger partial charge on any atom is -0.456 e. The normalized spacial score (nSPS) is 11.6. The monoisotopic (exact) mass is 1020 g/mol. The lowest BCUT2D eigenvalue weighted by atomic mass is 9.87. The number of benzene rings is 10. The molecule has 0 atom stereocenters. The first-order valence-corrected chi connectivity index (χ1v) is 26.3. The lowest BCUT2D eigenvalue weighted by Crippen LogP contribution is -2.17. The first kappa shape index (κ1) is 47.2. The molecule has 0 fully saturated rings. The Morgan fingerprint density at radius 2 is 0.597 bits per heavy atom. The molecule has 0 aliphatic carbocycles. The highest BCUT2D eigenvalue weighted by molar-refractivity contribution is 6.37. The van der Waals surface area contributed by atoms with Crippen LogP contribution in [0.5, 0.6) is 0 Å². The van der Waals surface area contributed by atoms with Crippen LogP contribution in [0.25, 0.3) is 66.9 Å². The Balaban J connectivity index is 1.02. The quantitative estimate of drug-likeness (QED) is 0.122. The number of hydrogen-bond donors (Lipinski definition) is 0. The lowest BCUT2D eigenvalue weighted by Gasteiger charge is -2.34. The molecule has 0 spiro atoms. The number of furan rings is 3. The van der Waals surface area contributed by atoms with Gasteiger partial charge in [-0.05, 0) is 169 Å². The summed E-state index contributed by atoms with van der Waals surface area (Å²) in [6.45, 7) is 6.74. The molecule has 3 heterocycles. The topological polar surface area (TPSA) is 49.1 Å². The summed E-state index contributed by atoms with van der Waals surface area (Å²) in [5, 5.41) is 3.73. The second-order valence-electron chi connectivity index (χ2n) is 20.4. The van der Waals surface area contributed by atoms with Crippen molar-refractivity contribution < 1.29 is 13.3 Å². The molecule has 0 aliphatic heterocycles. The van der Waals surface area contributed by atoms with E-state index in [1.54, 1.807) is 0 Å². The van der Waals surface area contributed by atoms with E-state index in [9.17, 15) is 0 Å². The Bertz CT molecular complexity index is 3910. The zero-order valence-electron chi connectivity index (χ0n) is 42.8. The number of anilines is 9. The van der Waals surface area contributed by atoms with Gasteiger partial charge in [0, 0.05) is 67.0 Å². The van der Waals surface area contributed by atoms with Crippen molar-refractivity contribution in [1.82, 2.24) is 0 Å². The van der Waals surface area contributed by atoms with Crippen molar-refractivity contribution in [3.8, 4) is 34.0 Å². The molecule has 13 rings (SSSR count). The van der Waals surface area contributed by atoms with E-state index in [0.717, 1.165) is 118 Å². The second-order valence-corrected chi connectivity index (χ2v) is 20.7. The van der Waals surface area contributed by atoms with Crippen LogP contribution >= 0.6 is 11.6 Å². The third-order valence-corrected chi connectivity index (χ3v) is 14.7. The molecule has 6 nitrogen and oxygen atoms in total. The molecule has 0 aliphatic rings. The maximum atomic E-state index is 8.16. The van der Waals surface area contributed by atoms with E-state index in [-0.39, 0.29) is 5.41 Å². The van der Waals surface area contributed by atoms with Gasteiger partial charge in [-0.1, -0.05) is 136 Å². The lowest BCUT2D eigenvalue weighted by molar-refractivity contribution is 0.590. The molecule has 0 N–H and O–H groups in total. The molecule has 0 saturated heterocycles. The summed E-state index contributed by atoms with van der Waals surface area (Å²) in [4.78, 5) is 6.81. The van der Waals surface area contributed by atoms with Crippen molar-refractivity contribution >= 4 is 95.7 Å². The van der Waals surface area contributed by atoms with Crippen LogP contribution in [0.15, 0.2) is 274 Å². The predicted molar refractivity (Wildman–Crippen MR) is 320 cm³/mol. The molecule has 77 heavy (non-hydrogen) atoms. The van der Waals surface area contributed by atoms with E-state index in [4.69, 9.17) is 24.9 Å². The van der Waals surface area contributed by atoms with Crippen LogP contribution in [0.1, 0.15) is 26.3 Å². The average molecular weight is 1020 g/mol. The largest absolute Gasteiger partial charge is 0.456 e. The number of halogens is 1. The van der Waals surface area contributed by atoms with Gasteiger partial charge in [0.15, 0.2) is 0 Å². The highest BCUT2D eigenvalue weighted by Gasteiger charge is 2.27. The molecular formula is C70H52ClN3O3. The van der Waals surface area contributed by atoms with E-state index in [1.165, 1.54) is 5.56 Å². The minimum absolute atomic E-state index is 0.0511. The van der Waals surface area contributed by atoms with E-state index in [0.29, 0.717) is 5.02 Å². The Kier molecular flexibility index (Phi) is 12.1. The van der Waals surface area contributed by atoms with Crippen LogP contribution in [0, 0.1) is 0 Å². The first-order valence-electron chi connectivity index (χ1n) is 25.9. The fourth-order valence-corrected chi connectivity index (χ4v) is 10.6.